The lowest BCUT2D eigenvalue weighted by Crippen LogP contribution is -2.04. The van der Waals surface area contributed by atoms with E-state index in [1.54, 1.807) is 25.3 Å². The lowest BCUT2D eigenvalue weighted by Gasteiger charge is -2.12. The van der Waals surface area contributed by atoms with Gasteiger partial charge < -0.3 is 10.1 Å². The number of methoxy groups -OCH3 is 1. The highest BCUT2D eigenvalue weighted by molar-refractivity contribution is 6.30. The Kier molecular flexibility index (Phi) is 4.45. The molecule has 106 valence electrons. The molecule has 5 heteroatoms. The monoisotopic (exact) mass is 297 g/mol. The van der Waals surface area contributed by atoms with E-state index in [4.69, 9.17) is 16.3 Å². The van der Waals surface area contributed by atoms with Gasteiger partial charge in [-0.05, 0) is 36.8 Å². The van der Waals surface area contributed by atoms with Gasteiger partial charge in [-0.1, -0.05) is 11.6 Å². The molecule has 0 aliphatic rings. The first-order valence-corrected chi connectivity index (χ1v) is 6.41. The minimum Gasteiger partial charge on any atom is -0.496 e. The van der Waals surface area contributed by atoms with E-state index in [-0.39, 0.29) is 17.8 Å². The van der Waals surface area contributed by atoms with E-state index in [0.29, 0.717) is 10.8 Å². The van der Waals surface area contributed by atoms with Gasteiger partial charge in [0.1, 0.15) is 17.4 Å². The average Bonchev–Trinajstić information content (AvgIpc) is 2.41. The quantitative estimate of drug-likeness (QED) is 0.894. The minimum atomic E-state index is -0.495. The molecule has 0 aliphatic carbocycles. The van der Waals surface area contributed by atoms with Crippen LogP contribution in [0.1, 0.15) is 11.1 Å². The zero-order valence-corrected chi connectivity index (χ0v) is 11.9. The van der Waals surface area contributed by atoms with Crippen molar-refractivity contribution >= 4 is 17.3 Å². The van der Waals surface area contributed by atoms with Crippen molar-refractivity contribution in [3.63, 3.8) is 0 Å². The molecule has 0 bridgehead atoms. The fourth-order valence-corrected chi connectivity index (χ4v) is 2.05. The van der Waals surface area contributed by atoms with Crippen molar-refractivity contribution < 1.29 is 13.5 Å². The zero-order valence-electron chi connectivity index (χ0n) is 11.1. The molecular formula is C15H14ClF2NO. The molecule has 0 saturated heterocycles. The van der Waals surface area contributed by atoms with Gasteiger partial charge in [-0.2, -0.15) is 0 Å². The third-order valence-electron chi connectivity index (χ3n) is 2.96. The Labute approximate surface area is 121 Å². The predicted molar refractivity (Wildman–Crippen MR) is 76.4 cm³/mol. The summed E-state index contributed by atoms with van der Waals surface area (Å²) in [5, 5.41) is 3.40. The van der Waals surface area contributed by atoms with Crippen molar-refractivity contribution in [2.75, 3.05) is 12.4 Å². The van der Waals surface area contributed by atoms with Crippen LogP contribution in [0.3, 0.4) is 0 Å². The number of hydrogen-bond donors (Lipinski definition) is 1. The van der Waals surface area contributed by atoms with Gasteiger partial charge in [-0.25, -0.2) is 8.78 Å². The Morgan fingerprint density at radius 2 is 1.90 bits per heavy atom. The van der Waals surface area contributed by atoms with Crippen molar-refractivity contribution in [1.29, 1.82) is 0 Å². The largest absolute Gasteiger partial charge is 0.496 e. The molecule has 2 nitrogen and oxygen atoms in total. The molecule has 20 heavy (non-hydrogen) atoms. The van der Waals surface area contributed by atoms with Crippen molar-refractivity contribution in [2.45, 2.75) is 13.5 Å². The molecule has 2 rings (SSSR count). The Bertz CT molecular complexity index is 632. The molecule has 2 aromatic carbocycles. The van der Waals surface area contributed by atoms with E-state index in [1.165, 1.54) is 6.92 Å². The predicted octanol–water partition coefficient (Wildman–Crippen LogP) is 4.55. The van der Waals surface area contributed by atoms with Crippen LogP contribution in [0.4, 0.5) is 14.5 Å². The standard InChI is InChI=1S/C15H14ClF2NO/c1-9-5-13(18)14(7-12(9)17)19-8-10-6-11(16)3-4-15(10)20-2/h3-7,19H,8H2,1-2H3. The number of rotatable bonds is 4. The number of anilines is 1. The van der Waals surface area contributed by atoms with Crippen LogP contribution in [0.15, 0.2) is 30.3 Å². The van der Waals surface area contributed by atoms with Crippen LogP contribution < -0.4 is 10.1 Å². The molecule has 0 unspecified atom stereocenters. The summed E-state index contributed by atoms with van der Waals surface area (Å²) in [5.41, 5.74) is 1.14. The SMILES string of the molecule is COc1ccc(Cl)cc1CNc1cc(F)c(C)cc1F. The van der Waals surface area contributed by atoms with Crippen LogP contribution in [0.5, 0.6) is 5.75 Å². The lowest BCUT2D eigenvalue weighted by molar-refractivity contribution is 0.410. The number of ether oxygens (including phenoxy) is 1. The molecule has 0 radical (unpaired) electrons. The average molecular weight is 298 g/mol. The van der Waals surface area contributed by atoms with Crippen molar-refractivity contribution in [2.24, 2.45) is 0 Å². The van der Waals surface area contributed by atoms with E-state index >= 15 is 0 Å². The highest BCUT2D eigenvalue weighted by atomic mass is 35.5. The van der Waals surface area contributed by atoms with Gasteiger partial charge in [0.2, 0.25) is 0 Å². The molecule has 0 atom stereocenters. The third-order valence-corrected chi connectivity index (χ3v) is 3.20. The summed E-state index contributed by atoms with van der Waals surface area (Å²) in [5.74, 6) is -0.313. The summed E-state index contributed by atoms with van der Waals surface area (Å²) < 4.78 is 32.3. The smallest absolute Gasteiger partial charge is 0.146 e. The van der Waals surface area contributed by atoms with Crippen LogP contribution in [-0.2, 0) is 6.54 Å². The summed E-state index contributed by atoms with van der Waals surface area (Å²) >= 11 is 5.92. The summed E-state index contributed by atoms with van der Waals surface area (Å²) in [4.78, 5) is 0. The number of nitrogens with one attached hydrogen (secondary N) is 1. The number of halogens is 3. The van der Waals surface area contributed by atoms with Crippen molar-refractivity contribution in [3.8, 4) is 5.75 Å². The summed E-state index contributed by atoms with van der Waals surface area (Å²) in [6.07, 6.45) is 0. The maximum absolute atomic E-state index is 13.7. The molecule has 0 heterocycles. The van der Waals surface area contributed by atoms with Gasteiger partial charge in [-0.3, -0.25) is 0 Å². The normalized spacial score (nSPS) is 10.4. The second-order valence-electron chi connectivity index (χ2n) is 4.39. The first-order valence-electron chi connectivity index (χ1n) is 6.03. The van der Waals surface area contributed by atoms with Crippen molar-refractivity contribution in [3.05, 3.63) is 58.1 Å². The van der Waals surface area contributed by atoms with Gasteiger partial charge in [-0.15, -0.1) is 0 Å². The van der Waals surface area contributed by atoms with Crippen molar-refractivity contribution in [1.82, 2.24) is 0 Å². The number of benzene rings is 2. The Balaban J connectivity index is 2.21. The van der Waals surface area contributed by atoms with Gasteiger partial charge >= 0.3 is 0 Å². The van der Waals surface area contributed by atoms with E-state index in [1.807, 2.05) is 0 Å². The molecule has 2 aromatic rings. The summed E-state index contributed by atoms with van der Waals surface area (Å²) in [7, 11) is 1.54. The Hall–Kier alpha value is -1.81. The second-order valence-corrected chi connectivity index (χ2v) is 4.83. The maximum atomic E-state index is 13.7. The highest BCUT2D eigenvalue weighted by Crippen LogP contribution is 2.25. The molecule has 0 spiro atoms. The lowest BCUT2D eigenvalue weighted by atomic mass is 10.1. The number of aryl methyl sites for hydroxylation is 1. The van der Waals surface area contributed by atoms with Gasteiger partial charge in [0, 0.05) is 23.2 Å². The number of hydrogen-bond acceptors (Lipinski definition) is 2. The van der Waals surface area contributed by atoms with Gasteiger partial charge in [0.25, 0.3) is 0 Å². The van der Waals surface area contributed by atoms with E-state index in [2.05, 4.69) is 5.32 Å². The fraction of sp³-hybridized carbons (Fsp3) is 0.200. The van der Waals surface area contributed by atoms with Crippen LogP contribution in [0, 0.1) is 18.6 Å². The van der Waals surface area contributed by atoms with Crippen LogP contribution in [-0.4, -0.2) is 7.11 Å². The zero-order chi connectivity index (χ0) is 14.7. The first kappa shape index (κ1) is 14.6. The van der Waals surface area contributed by atoms with E-state index < -0.39 is 11.6 Å². The molecular weight excluding hydrogens is 284 g/mol. The molecule has 0 aromatic heterocycles. The third kappa shape index (κ3) is 3.20. The van der Waals surface area contributed by atoms with Crippen LogP contribution in [0.2, 0.25) is 5.02 Å². The minimum absolute atomic E-state index is 0.107. The van der Waals surface area contributed by atoms with E-state index in [0.717, 1.165) is 17.7 Å². The highest BCUT2D eigenvalue weighted by Gasteiger charge is 2.09. The van der Waals surface area contributed by atoms with E-state index in [9.17, 15) is 8.78 Å². The Morgan fingerprint density at radius 3 is 2.60 bits per heavy atom. The summed E-state index contributed by atoms with van der Waals surface area (Å²) in [6, 6.07) is 7.45. The maximum Gasteiger partial charge on any atom is 0.146 e. The molecule has 1 N–H and O–H groups in total. The second kappa shape index (κ2) is 6.09. The van der Waals surface area contributed by atoms with Gasteiger partial charge in [0.05, 0.1) is 12.8 Å². The summed E-state index contributed by atoms with van der Waals surface area (Å²) in [6.45, 7) is 1.80. The first-order chi connectivity index (χ1) is 9.51. The molecule has 0 aliphatic heterocycles. The topological polar surface area (TPSA) is 21.3 Å². The molecule has 0 amide bonds. The molecule has 0 saturated carbocycles. The van der Waals surface area contributed by atoms with Crippen LogP contribution >= 0.6 is 11.6 Å². The van der Waals surface area contributed by atoms with Crippen LogP contribution in [0.25, 0.3) is 0 Å². The van der Waals surface area contributed by atoms with Gasteiger partial charge in [0.15, 0.2) is 0 Å². The Morgan fingerprint density at radius 1 is 1.15 bits per heavy atom. The molecule has 0 fully saturated rings. The fourth-order valence-electron chi connectivity index (χ4n) is 1.86.